The zero-order valence-corrected chi connectivity index (χ0v) is 12.7. The van der Waals surface area contributed by atoms with Crippen LogP contribution in [0, 0.1) is 6.92 Å². The number of aliphatic carboxylic acids is 1. The van der Waals surface area contributed by atoms with Gasteiger partial charge in [-0.2, -0.15) is 0 Å². The van der Waals surface area contributed by atoms with Crippen LogP contribution in [0.5, 0.6) is 0 Å². The number of carboxylic acids is 1. The van der Waals surface area contributed by atoms with Gasteiger partial charge in [-0.25, -0.2) is 0 Å². The molecule has 2 unspecified atom stereocenters. The fraction of sp³-hybridized carbons (Fsp3) is 0.235. The summed E-state index contributed by atoms with van der Waals surface area (Å²) in [7, 11) is -1.45. The van der Waals surface area contributed by atoms with Crippen LogP contribution in [0.3, 0.4) is 0 Å². The molecule has 0 aliphatic heterocycles. The Labute approximate surface area is 127 Å². The van der Waals surface area contributed by atoms with Crippen LogP contribution < -0.4 is 0 Å². The topological polar surface area (TPSA) is 54.4 Å². The first kappa shape index (κ1) is 15.4. The van der Waals surface area contributed by atoms with E-state index in [1.165, 1.54) is 0 Å². The Morgan fingerprint density at radius 3 is 2.38 bits per heavy atom. The summed E-state index contributed by atoms with van der Waals surface area (Å²) in [6.45, 7) is 1.96. The molecular weight excluding hydrogens is 284 g/mol. The molecule has 0 bridgehead atoms. The lowest BCUT2D eigenvalue weighted by atomic mass is 10.1. The highest BCUT2D eigenvalue weighted by molar-refractivity contribution is 7.85. The van der Waals surface area contributed by atoms with Gasteiger partial charge < -0.3 is 5.11 Å². The maximum Gasteiger partial charge on any atom is 0.319 e. The molecule has 21 heavy (non-hydrogen) atoms. The molecule has 0 aliphatic carbocycles. The standard InChI is InChI=1S/C17H18O3S/c1-13-6-5-9-15(10-13)12-21(20)16(17(18)19)11-14-7-3-2-4-8-14/h2-10,16H,11-12H2,1H3,(H,18,19). The van der Waals surface area contributed by atoms with E-state index < -0.39 is 22.0 Å². The molecule has 0 saturated heterocycles. The quantitative estimate of drug-likeness (QED) is 0.892. The molecule has 1 N–H and O–H groups in total. The number of benzene rings is 2. The monoisotopic (exact) mass is 302 g/mol. The van der Waals surface area contributed by atoms with Crippen LogP contribution >= 0.6 is 0 Å². The first-order valence-electron chi connectivity index (χ1n) is 6.75. The van der Waals surface area contributed by atoms with Crippen LogP contribution in [-0.2, 0) is 27.8 Å². The van der Waals surface area contributed by atoms with Gasteiger partial charge in [-0.15, -0.1) is 0 Å². The van der Waals surface area contributed by atoms with E-state index >= 15 is 0 Å². The average molecular weight is 302 g/mol. The molecular formula is C17H18O3S. The van der Waals surface area contributed by atoms with Gasteiger partial charge in [0.25, 0.3) is 0 Å². The van der Waals surface area contributed by atoms with Crippen molar-refractivity contribution in [2.75, 3.05) is 0 Å². The summed E-state index contributed by atoms with van der Waals surface area (Å²) < 4.78 is 12.4. The fourth-order valence-corrected chi connectivity index (χ4v) is 3.50. The third-order valence-electron chi connectivity index (χ3n) is 3.25. The molecule has 2 rings (SSSR count). The molecule has 4 heteroatoms. The van der Waals surface area contributed by atoms with Gasteiger partial charge in [0.2, 0.25) is 0 Å². The van der Waals surface area contributed by atoms with E-state index in [0.29, 0.717) is 0 Å². The SMILES string of the molecule is Cc1cccc(CS(=O)C(Cc2ccccc2)C(=O)O)c1. The molecule has 0 spiro atoms. The molecule has 0 fully saturated rings. The van der Waals surface area contributed by atoms with E-state index in [2.05, 4.69) is 0 Å². The van der Waals surface area contributed by atoms with Gasteiger partial charge in [0, 0.05) is 16.6 Å². The van der Waals surface area contributed by atoms with Crippen LogP contribution in [-0.4, -0.2) is 20.5 Å². The van der Waals surface area contributed by atoms with Crippen LogP contribution in [0.15, 0.2) is 54.6 Å². The minimum Gasteiger partial charge on any atom is -0.480 e. The van der Waals surface area contributed by atoms with Crippen LogP contribution in [0.4, 0.5) is 0 Å². The second-order valence-corrected chi connectivity index (χ2v) is 6.65. The molecule has 0 saturated carbocycles. The minimum atomic E-state index is -1.45. The van der Waals surface area contributed by atoms with Crippen molar-refractivity contribution in [3.63, 3.8) is 0 Å². The number of rotatable bonds is 6. The molecule has 3 nitrogen and oxygen atoms in total. The van der Waals surface area contributed by atoms with Crippen molar-refractivity contribution in [2.45, 2.75) is 24.3 Å². The van der Waals surface area contributed by atoms with Gasteiger partial charge in [0.05, 0.1) is 0 Å². The van der Waals surface area contributed by atoms with Gasteiger partial charge in [-0.1, -0.05) is 60.2 Å². The van der Waals surface area contributed by atoms with E-state index in [1.807, 2.05) is 61.5 Å². The lowest BCUT2D eigenvalue weighted by Gasteiger charge is -2.12. The number of aryl methyl sites for hydroxylation is 1. The maximum absolute atomic E-state index is 12.4. The van der Waals surface area contributed by atoms with Crippen LogP contribution in [0.1, 0.15) is 16.7 Å². The summed E-state index contributed by atoms with van der Waals surface area (Å²) in [6, 6.07) is 17.0. The Balaban J connectivity index is 2.11. The second kappa shape index (κ2) is 7.18. The Bertz CT molecular complexity index is 637. The minimum absolute atomic E-state index is 0.269. The number of hydrogen-bond acceptors (Lipinski definition) is 2. The summed E-state index contributed by atoms with van der Waals surface area (Å²) in [5.74, 6) is -0.740. The van der Waals surface area contributed by atoms with E-state index in [1.54, 1.807) is 0 Å². The lowest BCUT2D eigenvalue weighted by Crippen LogP contribution is -2.29. The summed E-state index contributed by atoms with van der Waals surface area (Å²) in [5, 5.41) is 8.46. The van der Waals surface area contributed by atoms with Gasteiger partial charge in [-0.3, -0.25) is 9.00 Å². The highest BCUT2D eigenvalue weighted by Gasteiger charge is 2.25. The summed E-state index contributed by atoms with van der Waals surface area (Å²) in [5.41, 5.74) is 2.88. The molecule has 0 amide bonds. The number of hydrogen-bond donors (Lipinski definition) is 1. The summed E-state index contributed by atoms with van der Waals surface area (Å²) in [6.07, 6.45) is 0.286. The Hall–Kier alpha value is -1.94. The van der Waals surface area contributed by atoms with Gasteiger partial charge in [0.15, 0.2) is 0 Å². The fourth-order valence-electron chi connectivity index (χ4n) is 2.19. The molecule has 0 radical (unpaired) electrons. The van der Waals surface area contributed by atoms with E-state index in [4.69, 9.17) is 0 Å². The molecule has 2 aromatic rings. The molecule has 2 aromatic carbocycles. The lowest BCUT2D eigenvalue weighted by molar-refractivity contribution is -0.136. The molecule has 2 atom stereocenters. The normalized spacial score (nSPS) is 13.6. The molecule has 0 aliphatic rings. The zero-order chi connectivity index (χ0) is 15.2. The Morgan fingerprint density at radius 1 is 1.10 bits per heavy atom. The summed E-state index contributed by atoms with van der Waals surface area (Å²) >= 11 is 0. The van der Waals surface area contributed by atoms with Crippen molar-refractivity contribution in [2.24, 2.45) is 0 Å². The van der Waals surface area contributed by atoms with E-state index in [0.717, 1.165) is 16.7 Å². The van der Waals surface area contributed by atoms with E-state index in [9.17, 15) is 14.1 Å². The maximum atomic E-state index is 12.4. The van der Waals surface area contributed by atoms with Crippen molar-refractivity contribution < 1.29 is 14.1 Å². The summed E-state index contributed by atoms with van der Waals surface area (Å²) in [4.78, 5) is 11.4. The molecule has 110 valence electrons. The smallest absolute Gasteiger partial charge is 0.319 e. The third-order valence-corrected chi connectivity index (χ3v) is 4.87. The van der Waals surface area contributed by atoms with Crippen LogP contribution in [0.25, 0.3) is 0 Å². The van der Waals surface area contributed by atoms with Gasteiger partial charge in [0.1, 0.15) is 5.25 Å². The Kier molecular flexibility index (Phi) is 5.28. The van der Waals surface area contributed by atoms with Crippen molar-refractivity contribution >= 4 is 16.8 Å². The van der Waals surface area contributed by atoms with Crippen molar-refractivity contribution in [1.29, 1.82) is 0 Å². The van der Waals surface area contributed by atoms with E-state index in [-0.39, 0.29) is 12.2 Å². The van der Waals surface area contributed by atoms with Crippen LogP contribution in [0.2, 0.25) is 0 Å². The first-order chi connectivity index (χ1) is 10.1. The highest BCUT2D eigenvalue weighted by Crippen LogP contribution is 2.14. The van der Waals surface area contributed by atoms with Crippen molar-refractivity contribution in [3.05, 3.63) is 71.3 Å². The first-order valence-corrected chi connectivity index (χ1v) is 8.14. The highest BCUT2D eigenvalue weighted by atomic mass is 32.2. The molecule has 0 heterocycles. The second-order valence-electron chi connectivity index (χ2n) is 5.03. The molecule has 0 aromatic heterocycles. The number of carboxylic acid groups (broad SMARTS) is 1. The predicted octanol–water partition coefficient (Wildman–Crippen LogP) is 2.94. The van der Waals surface area contributed by atoms with Crippen molar-refractivity contribution in [1.82, 2.24) is 0 Å². The number of carbonyl (C=O) groups is 1. The third kappa shape index (κ3) is 4.53. The van der Waals surface area contributed by atoms with Gasteiger partial charge >= 0.3 is 5.97 Å². The van der Waals surface area contributed by atoms with Crippen molar-refractivity contribution in [3.8, 4) is 0 Å². The predicted molar refractivity (Wildman–Crippen MR) is 84.6 cm³/mol. The zero-order valence-electron chi connectivity index (χ0n) is 11.9. The Morgan fingerprint density at radius 2 is 1.76 bits per heavy atom. The average Bonchev–Trinajstić information content (AvgIpc) is 2.45. The largest absolute Gasteiger partial charge is 0.480 e. The van der Waals surface area contributed by atoms with Gasteiger partial charge in [-0.05, 0) is 24.5 Å².